The normalized spacial score (nSPS) is 16.2. The van der Waals surface area contributed by atoms with Crippen molar-refractivity contribution >= 4 is 11.6 Å². The van der Waals surface area contributed by atoms with Crippen LogP contribution >= 0.6 is 0 Å². The van der Waals surface area contributed by atoms with E-state index in [0.29, 0.717) is 6.42 Å². The van der Waals surface area contributed by atoms with Crippen molar-refractivity contribution in [1.82, 2.24) is 0 Å². The van der Waals surface area contributed by atoms with Crippen molar-refractivity contribution in [3.05, 3.63) is 23.8 Å². The average Bonchev–Trinajstić information content (AvgIpc) is 2.73. The van der Waals surface area contributed by atoms with Gasteiger partial charge in [-0.3, -0.25) is 4.79 Å². The quantitative estimate of drug-likeness (QED) is 0.803. The van der Waals surface area contributed by atoms with E-state index in [9.17, 15) is 4.79 Å². The van der Waals surface area contributed by atoms with Gasteiger partial charge in [0, 0.05) is 24.2 Å². The monoisotopic (exact) mass is 247 g/mol. The van der Waals surface area contributed by atoms with Crippen LogP contribution in [0.15, 0.2) is 18.2 Å². The number of carbonyl (C=O) groups is 1. The summed E-state index contributed by atoms with van der Waals surface area (Å²) >= 11 is 0. The van der Waals surface area contributed by atoms with Gasteiger partial charge in [-0.05, 0) is 30.0 Å². The number of nitrogens with zero attached hydrogens (tertiary/aromatic N) is 1. The van der Waals surface area contributed by atoms with E-state index in [4.69, 9.17) is 4.74 Å². The SMILES string of the molecule is COc1ccc(N2CCCC2=O)cc1C(C)(C)C. The maximum atomic E-state index is 11.8. The van der Waals surface area contributed by atoms with Crippen molar-refractivity contribution in [3.8, 4) is 5.75 Å². The molecule has 1 aliphatic heterocycles. The second kappa shape index (κ2) is 4.63. The topological polar surface area (TPSA) is 29.5 Å². The minimum Gasteiger partial charge on any atom is -0.496 e. The zero-order valence-corrected chi connectivity index (χ0v) is 11.6. The molecule has 3 nitrogen and oxygen atoms in total. The molecule has 1 aliphatic rings. The lowest BCUT2D eigenvalue weighted by atomic mass is 9.86. The highest BCUT2D eigenvalue weighted by Crippen LogP contribution is 2.35. The Bertz CT molecular complexity index is 460. The Hall–Kier alpha value is -1.51. The summed E-state index contributed by atoms with van der Waals surface area (Å²) in [6.07, 6.45) is 1.62. The van der Waals surface area contributed by atoms with Gasteiger partial charge in [0.1, 0.15) is 5.75 Å². The van der Waals surface area contributed by atoms with E-state index in [0.717, 1.165) is 30.0 Å². The summed E-state index contributed by atoms with van der Waals surface area (Å²) in [5, 5.41) is 0. The van der Waals surface area contributed by atoms with Gasteiger partial charge in [0.05, 0.1) is 7.11 Å². The summed E-state index contributed by atoms with van der Waals surface area (Å²) in [6.45, 7) is 7.29. The first kappa shape index (κ1) is 12.9. The Morgan fingerprint density at radius 3 is 2.50 bits per heavy atom. The Balaban J connectivity index is 2.43. The van der Waals surface area contributed by atoms with Crippen molar-refractivity contribution < 1.29 is 9.53 Å². The number of carbonyl (C=O) groups excluding carboxylic acids is 1. The number of rotatable bonds is 2. The highest BCUT2D eigenvalue weighted by Gasteiger charge is 2.25. The Morgan fingerprint density at radius 2 is 2.00 bits per heavy atom. The maximum absolute atomic E-state index is 11.8. The van der Waals surface area contributed by atoms with Crippen molar-refractivity contribution in [1.29, 1.82) is 0 Å². The van der Waals surface area contributed by atoms with Crippen LogP contribution in [-0.2, 0) is 10.2 Å². The molecule has 1 aromatic carbocycles. The number of anilines is 1. The van der Waals surface area contributed by atoms with Crippen LogP contribution in [0, 0.1) is 0 Å². The molecule has 0 aliphatic carbocycles. The highest BCUT2D eigenvalue weighted by atomic mass is 16.5. The smallest absolute Gasteiger partial charge is 0.227 e. The fourth-order valence-electron chi connectivity index (χ4n) is 2.37. The van der Waals surface area contributed by atoms with E-state index in [1.54, 1.807) is 7.11 Å². The van der Waals surface area contributed by atoms with Crippen molar-refractivity contribution in [2.24, 2.45) is 0 Å². The molecule has 0 N–H and O–H groups in total. The van der Waals surface area contributed by atoms with E-state index in [2.05, 4.69) is 26.8 Å². The second-order valence-corrected chi connectivity index (χ2v) is 5.78. The molecule has 0 atom stereocenters. The fourth-order valence-corrected chi connectivity index (χ4v) is 2.37. The van der Waals surface area contributed by atoms with Gasteiger partial charge in [-0.25, -0.2) is 0 Å². The van der Waals surface area contributed by atoms with Crippen molar-refractivity contribution in [3.63, 3.8) is 0 Å². The number of benzene rings is 1. The average molecular weight is 247 g/mol. The number of hydrogen-bond acceptors (Lipinski definition) is 2. The summed E-state index contributed by atoms with van der Waals surface area (Å²) in [7, 11) is 1.69. The zero-order valence-electron chi connectivity index (χ0n) is 11.6. The van der Waals surface area contributed by atoms with Crippen molar-refractivity contribution in [2.45, 2.75) is 39.0 Å². The first-order valence-corrected chi connectivity index (χ1v) is 6.42. The van der Waals surface area contributed by atoms with E-state index >= 15 is 0 Å². The van der Waals surface area contributed by atoms with E-state index in [-0.39, 0.29) is 11.3 Å². The van der Waals surface area contributed by atoms with Crippen LogP contribution in [0.25, 0.3) is 0 Å². The number of ether oxygens (including phenoxy) is 1. The lowest BCUT2D eigenvalue weighted by molar-refractivity contribution is -0.117. The molecule has 1 fully saturated rings. The predicted octanol–water partition coefficient (Wildman–Crippen LogP) is 3.12. The Morgan fingerprint density at radius 1 is 1.28 bits per heavy atom. The van der Waals surface area contributed by atoms with Crippen LogP contribution in [0.3, 0.4) is 0 Å². The molecule has 0 saturated carbocycles. The van der Waals surface area contributed by atoms with Gasteiger partial charge in [0.25, 0.3) is 0 Å². The molecule has 0 unspecified atom stereocenters. The third kappa shape index (κ3) is 2.35. The molecule has 0 spiro atoms. The molecule has 1 heterocycles. The van der Waals surface area contributed by atoms with E-state index < -0.39 is 0 Å². The van der Waals surface area contributed by atoms with Crippen LogP contribution in [0.1, 0.15) is 39.2 Å². The molecule has 0 radical (unpaired) electrons. The standard InChI is InChI=1S/C15H21NO2/c1-15(2,3)12-10-11(7-8-13(12)18-4)16-9-5-6-14(16)17/h7-8,10H,5-6,9H2,1-4H3. The van der Waals surface area contributed by atoms with Gasteiger partial charge < -0.3 is 9.64 Å². The summed E-state index contributed by atoms with van der Waals surface area (Å²) in [6, 6.07) is 6.01. The third-order valence-corrected chi connectivity index (χ3v) is 3.38. The summed E-state index contributed by atoms with van der Waals surface area (Å²) in [5.74, 6) is 1.11. The highest BCUT2D eigenvalue weighted by molar-refractivity contribution is 5.95. The molecule has 1 saturated heterocycles. The van der Waals surface area contributed by atoms with Gasteiger partial charge in [-0.2, -0.15) is 0 Å². The molecular weight excluding hydrogens is 226 g/mol. The molecule has 3 heteroatoms. The van der Waals surface area contributed by atoms with Gasteiger partial charge >= 0.3 is 0 Å². The van der Waals surface area contributed by atoms with E-state index in [1.165, 1.54) is 0 Å². The fraction of sp³-hybridized carbons (Fsp3) is 0.533. The minimum atomic E-state index is 0.00409. The first-order chi connectivity index (χ1) is 8.43. The molecule has 1 aromatic rings. The van der Waals surface area contributed by atoms with Gasteiger partial charge in [-0.1, -0.05) is 20.8 Å². The lowest BCUT2D eigenvalue weighted by Gasteiger charge is -2.25. The summed E-state index contributed by atoms with van der Waals surface area (Å²) in [4.78, 5) is 13.7. The van der Waals surface area contributed by atoms with Gasteiger partial charge in [0.15, 0.2) is 0 Å². The largest absolute Gasteiger partial charge is 0.496 e. The van der Waals surface area contributed by atoms with Crippen LogP contribution < -0.4 is 9.64 Å². The molecule has 18 heavy (non-hydrogen) atoms. The van der Waals surface area contributed by atoms with E-state index in [1.807, 2.05) is 17.0 Å². The predicted molar refractivity (Wildman–Crippen MR) is 73.3 cm³/mol. The molecule has 0 bridgehead atoms. The zero-order chi connectivity index (χ0) is 13.3. The Kier molecular flexibility index (Phi) is 3.33. The summed E-state index contributed by atoms with van der Waals surface area (Å²) in [5.41, 5.74) is 2.13. The molecule has 1 amide bonds. The van der Waals surface area contributed by atoms with Crippen LogP contribution in [-0.4, -0.2) is 19.6 Å². The molecule has 2 rings (SSSR count). The minimum absolute atomic E-state index is 0.00409. The molecule has 0 aromatic heterocycles. The van der Waals surface area contributed by atoms with Gasteiger partial charge in [0.2, 0.25) is 5.91 Å². The number of methoxy groups -OCH3 is 1. The second-order valence-electron chi connectivity index (χ2n) is 5.78. The van der Waals surface area contributed by atoms with Crippen LogP contribution in [0.5, 0.6) is 5.75 Å². The molecule has 98 valence electrons. The lowest BCUT2D eigenvalue weighted by Crippen LogP contribution is -2.24. The third-order valence-electron chi connectivity index (χ3n) is 3.38. The first-order valence-electron chi connectivity index (χ1n) is 6.42. The van der Waals surface area contributed by atoms with Crippen LogP contribution in [0.4, 0.5) is 5.69 Å². The maximum Gasteiger partial charge on any atom is 0.227 e. The van der Waals surface area contributed by atoms with Crippen LogP contribution in [0.2, 0.25) is 0 Å². The summed E-state index contributed by atoms with van der Waals surface area (Å²) < 4.78 is 5.41. The van der Waals surface area contributed by atoms with Crippen molar-refractivity contribution in [2.75, 3.05) is 18.6 Å². The number of hydrogen-bond donors (Lipinski definition) is 0. The number of amides is 1. The Labute approximate surface area is 109 Å². The van der Waals surface area contributed by atoms with Gasteiger partial charge in [-0.15, -0.1) is 0 Å². The molecular formula is C15H21NO2.